The van der Waals surface area contributed by atoms with Crippen LogP contribution in [0.1, 0.15) is 71.6 Å². The summed E-state index contributed by atoms with van der Waals surface area (Å²) < 4.78 is 0. The van der Waals surface area contributed by atoms with E-state index in [0.717, 1.165) is 31.5 Å². The first-order chi connectivity index (χ1) is 16.4. The van der Waals surface area contributed by atoms with E-state index in [1.165, 1.54) is 16.0 Å². The van der Waals surface area contributed by atoms with Crippen LogP contribution in [-0.2, 0) is 15.2 Å². The number of nitrogens with two attached hydrogens (primary N) is 1. The zero-order valence-electron chi connectivity index (χ0n) is 22.9. The van der Waals surface area contributed by atoms with Crippen LogP contribution in [0.2, 0.25) is 0 Å². The molecule has 1 atom stereocenters. The van der Waals surface area contributed by atoms with Gasteiger partial charge in [0.1, 0.15) is 0 Å². The zero-order valence-corrected chi connectivity index (χ0v) is 27.9. The molecule has 2 fully saturated rings. The van der Waals surface area contributed by atoms with Crippen LogP contribution in [0.4, 0.5) is 0 Å². The van der Waals surface area contributed by atoms with Gasteiger partial charge in [-0.1, -0.05) is 58.9 Å². The quantitative estimate of drug-likeness (QED) is 0.400. The summed E-state index contributed by atoms with van der Waals surface area (Å²) >= 11 is 1.68. The van der Waals surface area contributed by atoms with Crippen LogP contribution in [0.3, 0.4) is 0 Å². The van der Waals surface area contributed by atoms with Crippen molar-refractivity contribution in [2.24, 2.45) is 11.1 Å². The Morgan fingerprint density at radius 3 is 2.28 bits per heavy atom. The molecule has 1 aliphatic heterocycles. The largest absolute Gasteiger partial charge is 0.536 e. The number of rotatable bonds is 5. The minimum absolute atomic E-state index is 0. The Morgan fingerprint density at radius 1 is 1.31 bits per heavy atom. The topological polar surface area (TPSA) is 103 Å². The smallest absolute Gasteiger partial charge is 0.223 e. The van der Waals surface area contributed by atoms with Gasteiger partial charge in [-0.3, -0.25) is 4.79 Å². The van der Waals surface area contributed by atoms with Gasteiger partial charge in [0.25, 0.3) is 0 Å². The zero-order chi connectivity index (χ0) is 26.2. The van der Waals surface area contributed by atoms with Gasteiger partial charge in [0.2, 0.25) is 5.91 Å². The predicted molar refractivity (Wildman–Crippen MR) is 144 cm³/mol. The monoisotopic (exact) mass is 741 g/mol. The molecule has 7 nitrogen and oxygen atoms in total. The maximum Gasteiger partial charge on any atom is 0.223 e. The molecular formula is C27H43N4O3SU-. The number of nitrogens with zero attached hydrogens (tertiary/aromatic N) is 3. The van der Waals surface area contributed by atoms with Crippen LogP contribution < -0.4 is 5.73 Å². The normalized spacial score (nSPS) is 17.9. The number of hydrogen-bond donors (Lipinski definition) is 2. The molecule has 2 aliphatic rings. The van der Waals surface area contributed by atoms with Crippen molar-refractivity contribution in [2.45, 2.75) is 85.0 Å². The van der Waals surface area contributed by atoms with Gasteiger partial charge in [-0.15, -0.1) is 18.4 Å². The van der Waals surface area contributed by atoms with E-state index in [-0.39, 0.29) is 54.1 Å². The number of likely N-dealkylation sites (tertiary alicyclic amines) is 1. The molecule has 1 aromatic heterocycles. The van der Waals surface area contributed by atoms with E-state index in [9.17, 15) is 9.90 Å². The fourth-order valence-corrected chi connectivity index (χ4v) is 4.57. The van der Waals surface area contributed by atoms with E-state index in [1.54, 1.807) is 23.3 Å². The minimum atomic E-state index is -0.302. The molecule has 36 heavy (non-hydrogen) atoms. The van der Waals surface area contributed by atoms with Crippen LogP contribution >= 0.6 is 11.3 Å². The van der Waals surface area contributed by atoms with E-state index >= 15 is 0 Å². The number of hydrogen-bond acceptors (Lipinski definition) is 6. The van der Waals surface area contributed by atoms with E-state index < -0.39 is 0 Å². The Hall–Kier alpha value is -0.788. The van der Waals surface area contributed by atoms with Crippen molar-refractivity contribution in [3.63, 3.8) is 0 Å². The third-order valence-electron chi connectivity index (χ3n) is 5.59. The van der Waals surface area contributed by atoms with E-state index in [4.69, 9.17) is 10.6 Å². The SMILES string of the molecule is CC(C)(C)CC(=O)N1CCC(O)C1.CC(C)N.C[N-]OC1(c2ccc(-c3scnc3C)cc2)CC1.[U]. The van der Waals surface area contributed by atoms with E-state index in [1.807, 2.05) is 26.3 Å². The number of thiazole rings is 1. The summed E-state index contributed by atoms with van der Waals surface area (Å²) in [6.07, 6.45) is 3.12. The Kier molecular flexibility index (Phi) is 13.8. The van der Waals surface area contributed by atoms with Gasteiger partial charge in [-0.2, -0.15) is 0 Å². The maximum absolute atomic E-state index is 11.6. The standard InChI is InChI=1S/C14H15N2OS.C10H19NO2.C3H9N.U/c1-10-13(18-9-16-10)11-3-5-12(6-4-11)14(7-8-14)17-15-2;1-10(2,3)6-9(13)11-5-4-8(12)7-11;1-3(2)4;/h3-6,9H,7-8H2,1-2H3;8,12H,4-7H2,1-3H3;3H,4H2,1-2H3;/q-1;;;. The number of aliphatic hydroxyl groups is 1. The summed E-state index contributed by atoms with van der Waals surface area (Å²) in [7, 11) is 1.69. The Bertz CT molecular complexity index is 921. The van der Waals surface area contributed by atoms with E-state index in [2.05, 4.69) is 55.5 Å². The van der Waals surface area contributed by atoms with Gasteiger partial charge in [0.05, 0.1) is 27.8 Å². The number of carbonyl (C=O) groups is 1. The fraction of sp³-hybridized carbons (Fsp3) is 0.630. The van der Waals surface area contributed by atoms with Crippen LogP contribution in [0.5, 0.6) is 0 Å². The van der Waals surface area contributed by atoms with Gasteiger partial charge >= 0.3 is 0 Å². The molecule has 200 valence electrons. The number of hydroxylamine groups is 1. The van der Waals surface area contributed by atoms with Crippen LogP contribution in [0.25, 0.3) is 15.9 Å². The molecule has 1 aliphatic carbocycles. The number of amides is 1. The number of aromatic nitrogens is 1. The molecule has 0 spiro atoms. The molecule has 1 amide bonds. The first-order valence-corrected chi connectivity index (χ1v) is 13.2. The molecule has 1 aromatic carbocycles. The summed E-state index contributed by atoms with van der Waals surface area (Å²) in [5.41, 5.74) is 14.3. The van der Waals surface area contributed by atoms with Crippen molar-refractivity contribution >= 4 is 17.2 Å². The fourth-order valence-electron chi connectivity index (χ4n) is 3.76. The maximum atomic E-state index is 11.6. The van der Waals surface area contributed by atoms with Gasteiger partial charge in [-0.05, 0) is 48.8 Å². The molecular weight excluding hydrogens is 698 g/mol. The number of carbonyl (C=O) groups excluding carboxylic acids is 1. The van der Waals surface area contributed by atoms with Crippen molar-refractivity contribution in [1.82, 2.24) is 9.88 Å². The van der Waals surface area contributed by atoms with Crippen molar-refractivity contribution < 1.29 is 45.9 Å². The van der Waals surface area contributed by atoms with E-state index in [0.29, 0.717) is 19.0 Å². The second-order valence-electron chi connectivity index (χ2n) is 10.9. The summed E-state index contributed by atoms with van der Waals surface area (Å²) in [6, 6.07) is 8.92. The Balaban J connectivity index is 0.000000319. The molecule has 0 bridgehead atoms. The Labute approximate surface area is 244 Å². The number of aliphatic hydroxyl groups excluding tert-OH is 1. The van der Waals surface area contributed by atoms with Crippen LogP contribution in [-0.4, -0.2) is 53.2 Å². The van der Waals surface area contributed by atoms with Crippen molar-refractivity contribution in [3.05, 3.63) is 46.5 Å². The first kappa shape index (κ1) is 33.2. The summed E-state index contributed by atoms with van der Waals surface area (Å²) in [5.74, 6) is 0.170. The predicted octanol–water partition coefficient (Wildman–Crippen LogP) is 5.41. The molecule has 1 saturated heterocycles. The van der Waals surface area contributed by atoms with Crippen molar-refractivity contribution in [1.29, 1.82) is 0 Å². The molecule has 2 heterocycles. The van der Waals surface area contributed by atoms with Crippen molar-refractivity contribution in [2.75, 3.05) is 20.1 Å². The third-order valence-corrected chi connectivity index (χ3v) is 6.56. The Morgan fingerprint density at radius 2 is 1.89 bits per heavy atom. The number of aryl methyl sites for hydroxylation is 1. The number of benzene rings is 1. The average molecular weight is 742 g/mol. The molecule has 9 heteroatoms. The summed E-state index contributed by atoms with van der Waals surface area (Å²) in [6.45, 7) is 13.3. The summed E-state index contributed by atoms with van der Waals surface area (Å²) in [4.78, 5) is 24.4. The average Bonchev–Trinajstić information content (AvgIpc) is 3.19. The number of β-amino-alcohol motifs (C(OH)–C–C–N with tert-alkyl or cyclic N) is 1. The van der Waals surface area contributed by atoms with Gasteiger partial charge in [0.15, 0.2) is 0 Å². The first-order valence-electron chi connectivity index (χ1n) is 12.4. The van der Waals surface area contributed by atoms with Gasteiger partial charge in [-0.25, -0.2) is 4.98 Å². The van der Waals surface area contributed by atoms with Crippen LogP contribution in [0.15, 0.2) is 29.8 Å². The molecule has 1 unspecified atom stereocenters. The summed E-state index contributed by atoms with van der Waals surface area (Å²) in [5, 5.41) is 9.25. The third kappa shape index (κ3) is 10.9. The van der Waals surface area contributed by atoms with Crippen molar-refractivity contribution in [3.8, 4) is 10.4 Å². The van der Waals surface area contributed by atoms with Gasteiger partial charge in [0, 0.05) is 50.6 Å². The molecule has 3 N–H and O–H groups in total. The molecule has 0 radical (unpaired) electrons. The minimum Gasteiger partial charge on any atom is -0.536 e. The molecule has 2 aromatic rings. The second kappa shape index (κ2) is 15.0. The second-order valence-corrected chi connectivity index (χ2v) is 11.7. The van der Waals surface area contributed by atoms with Gasteiger partial charge < -0.3 is 26.1 Å². The molecule has 1 saturated carbocycles. The van der Waals surface area contributed by atoms with Crippen LogP contribution in [0, 0.1) is 43.5 Å². The molecule has 4 rings (SSSR count).